The number of likely N-dealkylation sites (tertiary alicyclic amines) is 1. The smallest absolute Gasteiger partial charge is 0.317 e. The van der Waals surface area contributed by atoms with Crippen LogP contribution in [0.1, 0.15) is 36.0 Å². The van der Waals surface area contributed by atoms with Gasteiger partial charge in [-0.3, -0.25) is 4.31 Å². The Hall–Kier alpha value is -3.66. The zero-order valence-corrected chi connectivity index (χ0v) is 22.0. The summed E-state index contributed by atoms with van der Waals surface area (Å²) in [6, 6.07) is 19.8. The van der Waals surface area contributed by atoms with Gasteiger partial charge in [0.05, 0.1) is 16.6 Å². The first kappa shape index (κ1) is 25.6. The first-order valence-electron chi connectivity index (χ1n) is 13.0. The third-order valence-electron chi connectivity index (χ3n) is 8.12. The molecular formula is C29H29F2N3O4S. The minimum Gasteiger partial charge on any atom is -0.491 e. The molecule has 3 aliphatic rings. The number of piperidine rings is 1. The highest BCUT2D eigenvalue weighted by molar-refractivity contribution is 7.92. The zero-order valence-electron chi connectivity index (χ0n) is 21.2. The number of para-hydroxylation sites is 2. The molecule has 1 spiro atoms. The Morgan fingerprint density at radius 3 is 2.41 bits per heavy atom. The van der Waals surface area contributed by atoms with Crippen LogP contribution in [0.3, 0.4) is 0 Å². The molecule has 0 aliphatic carbocycles. The number of amides is 2. The van der Waals surface area contributed by atoms with Crippen LogP contribution in [-0.2, 0) is 21.9 Å². The number of ether oxygens (including phenoxy) is 1. The van der Waals surface area contributed by atoms with E-state index in [-0.39, 0.29) is 29.1 Å². The van der Waals surface area contributed by atoms with E-state index in [2.05, 4.69) is 5.32 Å². The van der Waals surface area contributed by atoms with Crippen molar-refractivity contribution in [3.63, 3.8) is 0 Å². The number of benzene rings is 3. The van der Waals surface area contributed by atoms with Crippen LogP contribution >= 0.6 is 0 Å². The van der Waals surface area contributed by atoms with Gasteiger partial charge in [0.15, 0.2) is 0 Å². The Morgan fingerprint density at radius 2 is 1.67 bits per heavy atom. The third kappa shape index (κ3) is 4.60. The van der Waals surface area contributed by atoms with Gasteiger partial charge in [-0.25, -0.2) is 22.0 Å². The van der Waals surface area contributed by atoms with Crippen molar-refractivity contribution in [1.82, 2.24) is 10.2 Å². The molecule has 3 aromatic carbocycles. The molecule has 3 heterocycles. The molecule has 2 amide bonds. The number of nitrogens with zero attached hydrogens (tertiary/aromatic N) is 2. The van der Waals surface area contributed by atoms with Crippen LogP contribution in [0.25, 0.3) is 0 Å². The van der Waals surface area contributed by atoms with E-state index in [0.717, 1.165) is 29.0 Å². The Morgan fingerprint density at radius 1 is 0.974 bits per heavy atom. The third-order valence-corrected chi connectivity index (χ3v) is 9.90. The first-order chi connectivity index (χ1) is 18.8. The summed E-state index contributed by atoms with van der Waals surface area (Å²) in [5.74, 6) is 0.854. The van der Waals surface area contributed by atoms with Crippen LogP contribution in [0.15, 0.2) is 77.7 Å². The molecule has 1 atom stereocenters. The van der Waals surface area contributed by atoms with Crippen LogP contribution in [0.4, 0.5) is 19.3 Å². The highest BCUT2D eigenvalue weighted by Gasteiger charge is 2.48. The molecule has 3 aromatic rings. The van der Waals surface area contributed by atoms with Crippen LogP contribution in [0, 0.1) is 0 Å². The van der Waals surface area contributed by atoms with Crippen molar-refractivity contribution in [2.75, 3.05) is 30.5 Å². The van der Waals surface area contributed by atoms with Gasteiger partial charge in [0.1, 0.15) is 12.4 Å². The van der Waals surface area contributed by atoms with Crippen molar-refractivity contribution < 1.29 is 26.7 Å². The molecule has 0 radical (unpaired) electrons. The van der Waals surface area contributed by atoms with E-state index in [0.29, 0.717) is 44.6 Å². The standard InChI is InChI=1S/C29H29F2N3O4S/c30-27(31)20-9-11-23(12-10-20)39(36,37)34-19-29(24-6-2-3-7-25(24)34)13-15-33(16-14-29)28(35)32-22-17-21-5-1-4-8-26(21)38-18-22/h1-12,22,27H,13-19H2,(H,32,35). The molecule has 0 saturated carbocycles. The summed E-state index contributed by atoms with van der Waals surface area (Å²) in [5.41, 5.74) is 1.96. The van der Waals surface area contributed by atoms with Crippen molar-refractivity contribution >= 4 is 21.7 Å². The number of urea groups is 1. The number of anilines is 1. The molecule has 7 nitrogen and oxygen atoms in total. The number of fused-ring (bicyclic) bond motifs is 3. The number of sulfonamides is 1. The second-order valence-corrected chi connectivity index (χ2v) is 12.3. The van der Waals surface area contributed by atoms with Crippen molar-refractivity contribution in [2.24, 2.45) is 0 Å². The van der Waals surface area contributed by atoms with Crippen molar-refractivity contribution in [2.45, 2.75) is 42.0 Å². The number of alkyl halides is 2. The van der Waals surface area contributed by atoms with E-state index in [1.54, 1.807) is 17.0 Å². The number of carbonyl (C=O) groups is 1. The van der Waals surface area contributed by atoms with E-state index < -0.39 is 21.9 Å². The molecule has 1 saturated heterocycles. The lowest BCUT2D eigenvalue weighted by Gasteiger charge is -2.40. The van der Waals surface area contributed by atoms with Gasteiger partial charge in [0.25, 0.3) is 16.4 Å². The summed E-state index contributed by atoms with van der Waals surface area (Å²) in [4.78, 5) is 14.9. The fraction of sp³-hybridized carbons (Fsp3) is 0.345. The predicted octanol–water partition coefficient (Wildman–Crippen LogP) is 4.88. The van der Waals surface area contributed by atoms with E-state index in [1.165, 1.54) is 16.4 Å². The summed E-state index contributed by atoms with van der Waals surface area (Å²) >= 11 is 0. The summed E-state index contributed by atoms with van der Waals surface area (Å²) in [7, 11) is -3.96. The lowest BCUT2D eigenvalue weighted by Crippen LogP contribution is -2.53. The molecule has 204 valence electrons. The maximum absolute atomic E-state index is 13.6. The fourth-order valence-electron chi connectivity index (χ4n) is 5.96. The van der Waals surface area contributed by atoms with Gasteiger partial charge in [-0.1, -0.05) is 48.5 Å². The topological polar surface area (TPSA) is 79.0 Å². The number of rotatable bonds is 4. The Labute approximate surface area is 226 Å². The first-order valence-corrected chi connectivity index (χ1v) is 14.5. The second kappa shape index (κ2) is 9.82. The Bertz CT molecular complexity index is 1490. The minimum absolute atomic E-state index is 0.0214. The van der Waals surface area contributed by atoms with Crippen LogP contribution in [0.2, 0.25) is 0 Å². The highest BCUT2D eigenvalue weighted by atomic mass is 32.2. The summed E-state index contributed by atoms with van der Waals surface area (Å²) in [6.07, 6.45) is -0.741. The molecular weight excluding hydrogens is 524 g/mol. The quantitative estimate of drug-likeness (QED) is 0.500. The minimum atomic E-state index is -3.96. The Balaban J connectivity index is 1.16. The summed E-state index contributed by atoms with van der Waals surface area (Å²) in [6.45, 7) is 1.63. The monoisotopic (exact) mass is 553 g/mol. The SMILES string of the molecule is O=C(NC1COc2ccccc2C1)N1CCC2(CC1)CN(S(=O)(=O)c1ccc(C(F)F)cc1)c1ccccc12. The normalized spacial score (nSPS) is 19.9. The van der Waals surface area contributed by atoms with Crippen molar-refractivity contribution in [3.8, 4) is 5.75 Å². The average Bonchev–Trinajstić information content (AvgIpc) is 3.28. The van der Waals surface area contributed by atoms with Crippen LogP contribution < -0.4 is 14.4 Å². The second-order valence-electron chi connectivity index (χ2n) is 10.4. The highest BCUT2D eigenvalue weighted by Crippen LogP contribution is 2.48. The molecule has 6 rings (SSSR count). The number of carbonyl (C=O) groups excluding carboxylic acids is 1. The number of halogens is 2. The van der Waals surface area contributed by atoms with Crippen molar-refractivity contribution in [3.05, 3.63) is 89.5 Å². The van der Waals surface area contributed by atoms with Gasteiger partial charge < -0.3 is 15.0 Å². The largest absolute Gasteiger partial charge is 0.491 e. The van der Waals surface area contributed by atoms with E-state index in [9.17, 15) is 22.0 Å². The molecule has 1 unspecified atom stereocenters. The van der Waals surface area contributed by atoms with E-state index in [1.807, 2.05) is 36.4 Å². The van der Waals surface area contributed by atoms with Gasteiger partial charge in [0.2, 0.25) is 0 Å². The van der Waals surface area contributed by atoms with Gasteiger partial charge in [0, 0.05) is 30.6 Å². The zero-order chi connectivity index (χ0) is 27.2. The lowest BCUT2D eigenvalue weighted by molar-refractivity contribution is 0.151. The maximum atomic E-state index is 13.6. The number of nitrogens with one attached hydrogen (secondary N) is 1. The number of hydrogen-bond donors (Lipinski definition) is 1. The Kier molecular flexibility index (Phi) is 6.45. The maximum Gasteiger partial charge on any atom is 0.317 e. The fourth-order valence-corrected chi connectivity index (χ4v) is 7.53. The summed E-state index contributed by atoms with van der Waals surface area (Å²) in [5, 5.41) is 3.10. The molecule has 0 aromatic heterocycles. The summed E-state index contributed by atoms with van der Waals surface area (Å²) < 4.78 is 60.5. The molecule has 1 fully saturated rings. The molecule has 1 N–H and O–H groups in total. The van der Waals surface area contributed by atoms with E-state index >= 15 is 0 Å². The molecule has 10 heteroatoms. The van der Waals surface area contributed by atoms with Gasteiger partial charge >= 0.3 is 6.03 Å². The van der Waals surface area contributed by atoms with Crippen LogP contribution in [-0.4, -0.2) is 51.6 Å². The van der Waals surface area contributed by atoms with Gasteiger partial charge in [-0.05, 0) is 54.7 Å². The molecule has 0 bridgehead atoms. The predicted molar refractivity (Wildman–Crippen MR) is 143 cm³/mol. The molecule has 39 heavy (non-hydrogen) atoms. The van der Waals surface area contributed by atoms with Gasteiger partial charge in [-0.15, -0.1) is 0 Å². The lowest BCUT2D eigenvalue weighted by atomic mass is 9.74. The van der Waals surface area contributed by atoms with Crippen LogP contribution in [0.5, 0.6) is 5.75 Å². The van der Waals surface area contributed by atoms with E-state index in [4.69, 9.17) is 4.74 Å². The van der Waals surface area contributed by atoms with Gasteiger partial charge in [-0.2, -0.15) is 0 Å². The average molecular weight is 554 g/mol. The van der Waals surface area contributed by atoms with Crippen molar-refractivity contribution in [1.29, 1.82) is 0 Å². The molecule has 3 aliphatic heterocycles. The number of hydrogen-bond acceptors (Lipinski definition) is 4.